The van der Waals surface area contributed by atoms with Gasteiger partial charge in [-0.2, -0.15) is 13.2 Å². The summed E-state index contributed by atoms with van der Waals surface area (Å²) in [7, 11) is 0. The number of amides is 1. The lowest BCUT2D eigenvalue weighted by atomic mass is 10.2. The van der Waals surface area contributed by atoms with E-state index < -0.39 is 17.1 Å². The van der Waals surface area contributed by atoms with Gasteiger partial charge in [-0.3, -0.25) is 9.69 Å². The number of thiazole rings is 1. The highest BCUT2D eigenvalue weighted by Crippen LogP contribution is 2.48. The maximum absolute atomic E-state index is 12.9. The fourth-order valence-electron chi connectivity index (χ4n) is 2.78. The molecule has 0 bridgehead atoms. The minimum atomic E-state index is -4.44. The number of hydrogen-bond donors (Lipinski definition) is 0. The highest BCUT2D eigenvalue weighted by molar-refractivity contribution is 8.00. The zero-order chi connectivity index (χ0) is 19.3. The van der Waals surface area contributed by atoms with Crippen LogP contribution in [0.1, 0.15) is 16.5 Å². The van der Waals surface area contributed by atoms with Crippen molar-refractivity contribution in [2.45, 2.75) is 11.6 Å². The summed E-state index contributed by atoms with van der Waals surface area (Å²) in [5.41, 5.74) is 0.238. The van der Waals surface area contributed by atoms with Crippen LogP contribution in [0.15, 0.2) is 36.4 Å². The molecule has 1 fully saturated rings. The Bertz CT molecular complexity index is 1030. The molecule has 1 aliphatic rings. The Hall–Kier alpha value is -1.48. The number of halogens is 5. The SMILES string of the molecule is O=C1CSC(c2c(Cl)cccc2Cl)N1c1nc2ccc(C(F)(F)F)cc2s1. The molecule has 1 aliphatic heterocycles. The third kappa shape index (κ3) is 3.40. The van der Waals surface area contributed by atoms with Crippen molar-refractivity contribution in [3.63, 3.8) is 0 Å². The lowest BCUT2D eigenvalue weighted by Crippen LogP contribution is -2.28. The summed E-state index contributed by atoms with van der Waals surface area (Å²) in [6.07, 6.45) is -4.44. The van der Waals surface area contributed by atoms with E-state index >= 15 is 0 Å². The number of alkyl halides is 3. The molecular weight excluding hydrogens is 440 g/mol. The van der Waals surface area contributed by atoms with Gasteiger partial charge in [-0.25, -0.2) is 4.98 Å². The number of aromatic nitrogens is 1. The predicted octanol–water partition coefficient (Wildman–Crippen LogP) is 6.40. The van der Waals surface area contributed by atoms with E-state index in [1.54, 1.807) is 18.2 Å². The lowest BCUT2D eigenvalue weighted by molar-refractivity contribution is -0.137. The summed E-state index contributed by atoms with van der Waals surface area (Å²) in [5.74, 6) is 0.00624. The maximum Gasteiger partial charge on any atom is 0.416 e. The van der Waals surface area contributed by atoms with Gasteiger partial charge in [-0.15, -0.1) is 11.8 Å². The van der Waals surface area contributed by atoms with Crippen LogP contribution in [0, 0.1) is 0 Å². The van der Waals surface area contributed by atoms with Gasteiger partial charge < -0.3 is 0 Å². The molecule has 0 radical (unpaired) electrons. The molecule has 0 saturated carbocycles. The molecule has 2 aromatic carbocycles. The van der Waals surface area contributed by atoms with Crippen molar-refractivity contribution in [2.75, 3.05) is 10.7 Å². The molecule has 0 spiro atoms. The number of benzene rings is 2. The van der Waals surface area contributed by atoms with E-state index in [1.807, 2.05) is 0 Å². The molecule has 27 heavy (non-hydrogen) atoms. The Balaban J connectivity index is 1.79. The number of fused-ring (bicyclic) bond motifs is 1. The average Bonchev–Trinajstić information content (AvgIpc) is 3.16. The summed E-state index contributed by atoms with van der Waals surface area (Å²) in [4.78, 5) is 18.3. The summed E-state index contributed by atoms with van der Waals surface area (Å²) in [6, 6.07) is 8.40. The topological polar surface area (TPSA) is 33.2 Å². The molecule has 3 nitrogen and oxygen atoms in total. The van der Waals surface area contributed by atoms with Crippen molar-refractivity contribution in [1.29, 1.82) is 0 Å². The number of hydrogen-bond acceptors (Lipinski definition) is 4. The van der Waals surface area contributed by atoms with E-state index in [9.17, 15) is 18.0 Å². The van der Waals surface area contributed by atoms with Gasteiger partial charge in [-0.1, -0.05) is 40.6 Å². The lowest BCUT2D eigenvalue weighted by Gasteiger charge is -2.23. The first-order valence-corrected chi connectivity index (χ1v) is 10.2. The summed E-state index contributed by atoms with van der Waals surface area (Å²) in [5, 5.41) is 0.669. The Morgan fingerprint density at radius 1 is 1.15 bits per heavy atom. The minimum Gasteiger partial charge on any atom is -0.273 e. The smallest absolute Gasteiger partial charge is 0.273 e. The first-order valence-electron chi connectivity index (χ1n) is 7.61. The van der Waals surface area contributed by atoms with Gasteiger partial charge in [0.15, 0.2) is 5.13 Å². The minimum absolute atomic E-state index is 0.198. The van der Waals surface area contributed by atoms with Crippen LogP contribution in [0.2, 0.25) is 10.0 Å². The van der Waals surface area contributed by atoms with Crippen molar-refractivity contribution in [1.82, 2.24) is 4.98 Å². The molecule has 1 unspecified atom stereocenters. The second kappa shape index (κ2) is 6.84. The summed E-state index contributed by atoms with van der Waals surface area (Å²) >= 11 is 14.9. The first-order chi connectivity index (χ1) is 12.8. The Morgan fingerprint density at radius 3 is 2.52 bits per heavy atom. The van der Waals surface area contributed by atoms with E-state index in [1.165, 1.54) is 22.7 Å². The largest absolute Gasteiger partial charge is 0.416 e. The number of anilines is 1. The van der Waals surface area contributed by atoms with Crippen molar-refractivity contribution in [3.05, 3.63) is 57.6 Å². The Kier molecular flexibility index (Phi) is 4.78. The van der Waals surface area contributed by atoms with Gasteiger partial charge >= 0.3 is 6.18 Å². The van der Waals surface area contributed by atoms with Crippen LogP contribution in [0.5, 0.6) is 0 Å². The highest BCUT2D eigenvalue weighted by atomic mass is 35.5. The zero-order valence-electron chi connectivity index (χ0n) is 13.3. The van der Waals surface area contributed by atoms with Crippen molar-refractivity contribution >= 4 is 67.6 Å². The van der Waals surface area contributed by atoms with Crippen LogP contribution in [0.3, 0.4) is 0 Å². The molecule has 1 amide bonds. The third-order valence-electron chi connectivity index (χ3n) is 4.03. The fourth-order valence-corrected chi connectivity index (χ4v) is 5.86. The van der Waals surface area contributed by atoms with Gasteiger partial charge in [0, 0.05) is 15.6 Å². The zero-order valence-corrected chi connectivity index (χ0v) is 16.4. The van der Waals surface area contributed by atoms with Crippen LogP contribution < -0.4 is 4.90 Å². The van der Waals surface area contributed by atoms with Crippen molar-refractivity contribution < 1.29 is 18.0 Å². The normalized spacial score (nSPS) is 17.9. The van der Waals surface area contributed by atoms with Crippen molar-refractivity contribution in [2.24, 2.45) is 0 Å². The Labute approximate surface area is 170 Å². The molecule has 1 aromatic heterocycles. The van der Waals surface area contributed by atoms with Crippen LogP contribution in [-0.4, -0.2) is 16.6 Å². The average molecular weight is 449 g/mol. The van der Waals surface area contributed by atoms with Gasteiger partial charge in [0.1, 0.15) is 5.37 Å². The van der Waals surface area contributed by atoms with Gasteiger partial charge in [0.05, 0.1) is 21.5 Å². The first kappa shape index (κ1) is 18.9. The van der Waals surface area contributed by atoms with Crippen molar-refractivity contribution in [3.8, 4) is 0 Å². The van der Waals surface area contributed by atoms with E-state index in [4.69, 9.17) is 23.2 Å². The van der Waals surface area contributed by atoms with E-state index in [0.717, 1.165) is 23.5 Å². The van der Waals surface area contributed by atoms with Gasteiger partial charge in [0.25, 0.3) is 0 Å². The van der Waals surface area contributed by atoms with E-state index in [2.05, 4.69) is 4.98 Å². The molecule has 0 aliphatic carbocycles. The summed E-state index contributed by atoms with van der Waals surface area (Å²) < 4.78 is 39.2. The molecule has 0 N–H and O–H groups in total. The third-order valence-corrected chi connectivity index (χ3v) is 6.88. The molecule has 2 heterocycles. The number of rotatable bonds is 2. The van der Waals surface area contributed by atoms with E-state index in [-0.39, 0.29) is 11.7 Å². The van der Waals surface area contributed by atoms with Crippen LogP contribution in [-0.2, 0) is 11.0 Å². The predicted molar refractivity (Wildman–Crippen MR) is 104 cm³/mol. The molecular formula is C17H9Cl2F3N2OS2. The van der Waals surface area contributed by atoms with Gasteiger partial charge in [0.2, 0.25) is 5.91 Å². The molecule has 140 valence electrons. The quantitative estimate of drug-likeness (QED) is 0.454. The number of thioether (sulfide) groups is 1. The standard InChI is InChI=1S/C17H9Cl2F3N2OS2/c18-9-2-1-3-10(19)14(9)15-24(13(25)7-26-15)16-23-11-5-4-8(17(20,21)22)6-12(11)27-16/h1-6,15H,7H2. The molecule has 1 saturated heterocycles. The summed E-state index contributed by atoms with van der Waals surface area (Å²) in [6.45, 7) is 0. The van der Waals surface area contributed by atoms with Crippen LogP contribution in [0.25, 0.3) is 10.2 Å². The van der Waals surface area contributed by atoms with Gasteiger partial charge in [-0.05, 0) is 30.3 Å². The Morgan fingerprint density at radius 2 is 1.85 bits per heavy atom. The van der Waals surface area contributed by atoms with Crippen LogP contribution in [0.4, 0.5) is 18.3 Å². The molecule has 3 aromatic rings. The van der Waals surface area contributed by atoms with Crippen LogP contribution >= 0.6 is 46.3 Å². The molecule has 4 rings (SSSR count). The second-order valence-corrected chi connectivity index (χ2v) is 8.63. The molecule has 10 heteroatoms. The number of carbonyl (C=O) groups is 1. The van der Waals surface area contributed by atoms with E-state index in [0.29, 0.717) is 31.0 Å². The fraction of sp³-hybridized carbons (Fsp3) is 0.176. The number of nitrogens with zero attached hydrogens (tertiary/aromatic N) is 2. The number of carbonyl (C=O) groups excluding carboxylic acids is 1. The monoisotopic (exact) mass is 448 g/mol. The second-order valence-electron chi connectivity index (χ2n) is 5.74. The highest BCUT2D eigenvalue weighted by Gasteiger charge is 2.38. The maximum atomic E-state index is 12.9. The molecule has 1 atom stereocenters.